The molecule has 0 saturated heterocycles. The van der Waals surface area contributed by atoms with Gasteiger partial charge >= 0.3 is 0 Å². The molecule has 0 spiro atoms. The van der Waals surface area contributed by atoms with Crippen molar-refractivity contribution in [3.63, 3.8) is 0 Å². The van der Waals surface area contributed by atoms with Gasteiger partial charge in [-0.2, -0.15) is 0 Å². The van der Waals surface area contributed by atoms with Crippen molar-refractivity contribution in [1.82, 2.24) is 4.98 Å². The van der Waals surface area contributed by atoms with Crippen molar-refractivity contribution >= 4 is 21.8 Å². The normalized spacial score (nSPS) is 9.94. The van der Waals surface area contributed by atoms with Gasteiger partial charge in [0.2, 0.25) is 0 Å². The molecule has 86 valence electrons. The van der Waals surface area contributed by atoms with Gasteiger partial charge in [0.15, 0.2) is 0 Å². The predicted octanol–water partition coefficient (Wildman–Crippen LogP) is 2.92. The first-order chi connectivity index (χ1) is 8.16. The number of ether oxygens (including phenoxy) is 1. The molecule has 4 nitrogen and oxygen atoms in total. The molecule has 2 rings (SSSR count). The molecular weight excluding hydrogens is 282 g/mol. The average molecular weight is 292 g/mol. The van der Waals surface area contributed by atoms with Crippen LogP contribution in [0.25, 0.3) is 0 Å². The topological polar surface area (TPSA) is 72.0 Å². The molecule has 0 unspecified atom stereocenters. The van der Waals surface area contributed by atoms with Gasteiger partial charge in [-0.1, -0.05) is 12.1 Å². The third kappa shape index (κ3) is 2.82. The van der Waals surface area contributed by atoms with Crippen molar-refractivity contribution in [3.8, 4) is 11.5 Å². The summed E-state index contributed by atoms with van der Waals surface area (Å²) < 4.78 is 6.49. The van der Waals surface area contributed by atoms with Gasteiger partial charge in [-0.05, 0) is 40.2 Å². The molecule has 0 atom stereocenters. The second-order valence-electron chi connectivity index (χ2n) is 3.33. The molecule has 1 heterocycles. The Balaban J connectivity index is 2.20. The Kier molecular flexibility index (Phi) is 3.39. The highest BCUT2D eigenvalue weighted by Gasteiger charge is 2.03. The van der Waals surface area contributed by atoms with Crippen molar-refractivity contribution in [2.75, 3.05) is 0 Å². The summed E-state index contributed by atoms with van der Waals surface area (Å²) in [6, 6.07) is 10.9. The van der Waals surface area contributed by atoms with Gasteiger partial charge < -0.3 is 10.5 Å². The summed E-state index contributed by atoms with van der Waals surface area (Å²) in [7, 11) is 0. The summed E-state index contributed by atoms with van der Waals surface area (Å²) in [5.41, 5.74) is 5.75. The number of nitrogens with one attached hydrogen (secondary N) is 1. The van der Waals surface area contributed by atoms with Crippen LogP contribution in [0.5, 0.6) is 11.5 Å². The van der Waals surface area contributed by atoms with E-state index in [-0.39, 0.29) is 5.84 Å². The molecule has 0 bridgehead atoms. The third-order valence-electron chi connectivity index (χ3n) is 2.08. The standard InChI is InChI=1S/C12H10BrN3O/c13-9-3-1-2-4-11(9)17-8-5-6-10(12(14)15)16-7-8/h1-7H,(H3,14,15). The van der Waals surface area contributed by atoms with Gasteiger partial charge in [0.1, 0.15) is 23.0 Å². The fourth-order valence-electron chi connectivity index (χ4n) is 1.25. The highest BCUT2D eigenvalue weighted by Crippen LogP contribution is 2.28. The number of para-hydroxylation sites is 1. The van der Waals surface area contributed by atoms with E-state index in [4.69, 9.17) is 15.9 Å². The smallest absolute Gasteiger partial charge is 0.145 e. The Bertz CT molecular complexity index is 540. The monoisotopic (exact) mass is 291 g/mol. The first kappa shape index (κ1) is 11.6. The van der Waals surface area contributed by atoms with Gasteiger partial charge in [-0.15, -0.1) is 0 Å². The molecule has 0 aliphatic rings. The van der Waals surface area contributed by atoms with Crippen LogP contribution in [0, 0.1) is 5.41 Å². The second kappa shape index (κ2) is 4.97. The zero-order valence-corrected chi connectivity index (χ0v) is 10.4. The van der Waals surface area contributed by atoms with Gasteiger partial charge in [-0.3, -0.25) is 5.41 Å². The minimum atomic E-state index is -0.0579. The molecule has 1 aromatic carbocycles. The Labute approximate surface area is 107 Å². The lowest BCUT2D eigenvalue weighted by atomic mass is 10.3. The van der Waals surface area contributed by atoms with E-state index in [0.717, 1.165) is 4.47 Å². The number of halogens is 1. The number of amidine groups is 1. The van der Waals surface area contributed by atoms with Crippen LogP contribution in [0.15, 0.2) is 47.1 Å². The lowest BCUT2D eigenvalue weighted by Gasteiger charge is -2.07. The van der Waals surface area contributed by atoms with Gasteiger partial charge in [0.05, 0.1) is 10.7 Å². The van der Waals surface area contributed by atoms with Crippen LogP contribution < -0.4 is 10.5 Å². The van der Waals surface area contributed by atoms with Crippen LogP contribution in [0.1, 0.15) is 5.69 Å². The maximum atomic E-state index is 7.23. The Hall–Kier alpha value is -1.88. The highest BCUT2D eigenvalue weighted by molar-refractivity contribution is 9.10. The zero-order chi connectivity index (χ0) is 12.3. The van der Waals surface area contributed by atoms with Crippen molar-refractivity contribution in [3.05, 3.63) is 52.8 Å². The van der Waals surface area contributed by atoms with Crippen LogP contribution in [0.2, 0.25) is 0 Å². The molecule has 0 aliphatic carbocycles. The first-order valence-corrected chi connectivity index (χ1v) is 5.69. The second-order valence-corrected chi connectivity index (χ2v) is 4.18. The first-order valence-electron chi connectivity index (χ1n) is 4.89. The summed E-state index contributed by atoms with van der Waals surface area (Å²) in [4.78, 5) is 4.01. The van der Waals surface area contributed by atoms with E-state index in [9.17, 15) is 0 Å². The van der Waals surface area contributed by atoms with Crippen LogP contribution >= 0.6 is 15.9 Å². The van der Waals surface area contributed by atoms with Crippen molar-refractivity contribution in [1.29, 1.82) is 5.41 Å². The van der Waals surface area contributed by atoms with Crippen LogP contribution in [0.4, 0.5) is 0 Å². The van der Waals surface area contributed by atoms with Gasteiger partial charge in [-0.25, -0.2) is 4.98 Å². The molecule has 0 radical (unpaired) electrons. The average Bonchev–Trinajstić information content (AvgIpc) is 2.33. The lowest BCUT2D eigenvalue weighted by Crippen LogP contribution is -2.12. The van der Waals surface area contributed by atoms with E-state index < -0.39 is 0 Å². The molecule has 0 fully saturated rings. The van der Waals surface area contributed by atoms with Crippen LogP contribution in [-0.2, 0) is 0 Å². The minimum absolute atomic E-state index is 0.0579. The molecule has 0 amide bonds. The SMILES string of the molecule is N=C(N)c1ccc(Oc2ccccc2Br)cn1. The number of nitrogens with two attached hydrogens (primary N) is 1. The number of hydrogen-bond donors (Lipinski definition) is 2. The Morgan fingerprint density at radius 3 is 2.59 bits per heavy atom. The van der Waals surface area contributed by atoms with Crippen molar-refractivity contribution in [2.45, 2.75) is 0 Å². The van der Waals surface area contributed by atoms with Gasteiger partial charge in [0, 0.05) is 0 Å². The number of nitrogens with zero attached hydrogens (tertiary/aromatic N) is 1. The van der Waals surface area contributed by atoms with E-state index in [0.29, 0.717) is 17.2 Å². The minimum Gasteiger partial charge on any atom is -0.455 e. The summed E-state index contributed by atoms with van der Waals surface area (Å²) >= 11 is 3.39. The van der Waals surface area contributed by atoms with Crippen LogP contribution in [0.3, 0.4) is 0 Å². The molecule has 1 aromatic heterocycles. The molecule has 3 N–H and O–H groups in total. The molecule has 0 aliphatic heterocycles. The summed E-state index contributed by atoms with van der Waals surface area (Å²) in [5, 5.41) is 7.23. The van der Waals surface area contributed by atoms with Crippen molar-refractivity contribution < 1.29 is 4.74 Å². The Morgan fingerprint density at radius 2 is 2.00 bits per heavy atom. The predicted molar refractivity (Wildman–Crippen MR) is 69.5 cm³/mol. The Morgan fingerprint density at radius 1 is 1.24 bits per heavy atom. The quantitative estimate of drug-likeness (QED) is 0.675. The number of benzene rings is 1. The molecular formula is C12H10BrN3O. The summed E-state index contributed by atoms with van der Waals surface area (Å²) in [6.07, 6.45) is 1.54. The lowest BCUT2D eigenvalue weighted by molar-refractivity contribution is 0.477. The van der Waals surface area contributed by atoms with Crippen molar-refractivity contribution in [2.24, 2.45) is 5.73 Å². The molecule has 17 heavy (non-hydrogen) atoms. The molecule has 0 saturated carbocycles. The number of pyridine rings is 1. The fourth-order valence-corrected chi connectivity index (χ4v) is 1.62. The number of aromatic nitrogens is 1. The number of nitrogen functional groups attached to an aromatic ring is 1. The summed E-state index contributed by atoms with van der Waals surface area (Å²) in [6.45, 7) is 0. The van der Waals surface area contributed by atoms with E-state index in [1.807, 2.05) is 24.3 Å². The third-order valence-corrected chi connectivity index (χ3v) is 2.73. The molecule has 5 heteroatoms. The fraction of sp³-hybridized carbons (Fsp3) is 0. The van der Waals surface area contributed by atoms with E-state index in [1.165, 1.54) is 6.20 Å². The highest BCUT2D eigenvalue weighted by atomic mass is 79.9. The molecule has 2 aromatic rings. The number of rotatable bonds is 3. The van der Waals surface area contributed by atoms with E-state index in [1.54, 1.807) is 12.1 Å². The summed E-state index contributed by atoms with van der Waals surface area (Å²) in [5.74, 6) is 1.25. The zero-order valence-electron chi connectivity index (χ0n) is 8.85. The van der Waals surface area contributed by atoms with Gasteiger partial charge in [0.25, 0.3) is 0 Å². The largest absolute Gasteiger partial charge is 0.455 e. The van der Waals surface area contributed by atoms with Crippen LogP contribution in [-0.4, -0.2) is 10.8 Å². The van der Waals surface area contributed by atoms with E-state index >= 15 is 0 Å². The maximum Gasteiger partial charge on any atom is 0.145 e. The van der Waals surface area contributed by atoms with E-state index in [2.05, 4.69) is 20.9 Å². The maximum absolute atomic E-state index is 7.23. The number of hydrogen-bond acceptors (Lipinski definition) is 3.